The van der Waals surface area contributed by atoms with Gasteiger partial charge < -0.3 is 9.84 Å². The highest BCUT2D eigenvalue weighted by Crippen LogP contribution is 2.21. The average Bonchev–Trinajstić information content (AvgIpc) is 2.21. The van der Waals surface area contributed by atoms with Gasteiger partial charge in [-0.15, -0.1) is 0 Å². The van der Waals surface area contributed by atoms with Gasteiger partial charge in [-0.05, 0) is 25.1 Å². The summed E-state index contributed by atoms with van der Waals surface area (Å²) < 4.78 is 5.58. The minimum absolute atomic E-state index is 0.138. The quantitative estimate of drug-likeness (QED) is 0.890. The molecule has 2 N–H and O–H groups in total. The minimum atomic E-state index is -0.519. The lowest BCUT2D eigenvalue weighted by Crippen LogP contribution is -2.14. The van der Waals surface area contributed by atoms with E-state index in [2.05, 4.69) is 21.2 Å². The van der Waals surface area contributed by atoms with Crippen molar-refractivity contribution in [2.24, 2.45) is 0 Å². The monoisotopic (exact) mass is 273 g/mol. The smallest absolute Gasteiger partial charge is 0.411 e. The van der Waals surface area contributed by atoms with Crippen molar-refractivity contribution in [2.45, 2.75) is 13.5 Å². The van der Waals surface area contributed by atoms with Crippen LogP contribution in [0.3, 0.4) is 0 Å². The summed E-state index contributed by atoms with van der Waals surface area (Å²) in [7, 11) is 0. The van der Waals surface area contributed by atoms with Gasteiger partial charge in [0.25, 0.3) is 0 Å². The molecule has 1 amide bonds. The molecule has 0 aliphatic carbocycles. The number of halogens is 1. The van der Waals surface area contributed by atoms with Crippen LogP contribution in [-0.4, -0.2) is 17.8 Å². The van der Waals surface area contributed by atoms with Crippen molar-refractivity contribution in [1.29, 1.82) is 0 Å². The predicted octanol–water partition coefficient (Wildman–Crippen LogP) is 2.51. The third kappa shape index (κ3) is 3.53. The maximum Gasteiger partial charge on any atom is 0.411 e. The van der Waals surface area contributed by atoms with Crippen molar-refractivity contribution in [1.82, 2.24) is 0 Å². The van der Waals surface area contributed by atoms with Crippen LogP contribution in [0.4, 0.5) is 10.5 Å². The molecule has 0 bridgehead atoms. The lowest BCUT2D eigenvalue weighted by atomic mass is 10.2. The summed E-state index contributed by atoms with van der Waals surface area (Å²) in [5.74, 6) is 0. The molecule has 0 fully saturated rings. The lowest BCUT2D eigenvalue weighted by Gasteiger charge is -2.09. The molecular weight excluding hydrogens is 262 g/mol. The van der Waals surface area contributed by atoms with Gasteiger partial charge in [-0.3, -0.25) is 5.32 Å². The number of anilines is 1. The Hall–Kier alpha value is -1.07. The third-order valence-electron chi connectivity index (χ3n) is 1.75. The Morgan fingerprint density at radius 1 is 1.60 bits per heavy atom. The molecule has 0 unspecified atom stereocenters. The largest absolute Gasteiger partial charge is 0.450 e. The number of carbonyl (C=O) groups is 1. The molecule has 4 nitrogen and oxygen atoms in total. The Morgan fingerprint density at radius 2 is 2.33 bits per heavy atom. The number of aliphatic hydroxyl groups excluding tert-OH is 1. The molecule has 0 aliphatic heterocycles. The number of ether oxygens (including phenoxy) is 1. The van der Waals surface area contributed by atoms with Gasteiger partial charge in [0.15, 0.2) is 0 Å². The fraction of sp³-hybridized carbons (Fsp3) is 0.300. The van der Waals surface area contributed by atoms with Crippen LogP contribution in [0.2, 0.25) is 0 Å². The number of carbonyl (C=O) groups excluding carboxylic acids is 1. The van der Waals surface area contributed by atoms with E-state index in [-0.39, 0.29) is 6.61 Å². The van der Waals surface area contributed by atoms with Crippen molar-refractivity contribution in [3.05, 3.63) is 28.2 Å². The zero-order valence-electron chi connectivity index (χ0n) is 8.29. The van der Waals surface area contributed by atoms with Crippen LogP contribution in [0.15, 0.2) is 22.7 Å². The Labute approximate surface area is 96.4 Å². The summed E-state index contributed by atoms with van der Waals surface area (Å²) >= 11 is 3.28. The Morgan fingerprint density at radius 3 is 2.93 bits per heavy atom. The highest BCUT2D eigenvalue weighted by Gasteiger charge is 2.06. The fourth-order valence-corrected chi connectivity index (χ4v) is 1.50. The SMILES string of the molecule is CCOC(=O)Nc1ccc(Br)cc1CO. The molecule has 0 atom stereocenters. The molecule has 15 heavy (non-hydrogen) atoms. The normalized spacial score (nSPS) is 9.80. The van der Waals surface area contributed by atoms with Crippen LogP contribution in [0.1, 0.15) is 12.5 Å². The molecule has 0 aliphatic rings. The summed E-state index contributed by atoms with van der Waals surface area (Å²) in [5.41, 5.74) is 1.19. The summed E-state index contributed by atoms with van der Waals surface area (Å²) in [6, 6.07) is 5.22. The number of aliphatic hydroxyl groups is 1. The number of hydrogen-bond donors (Lipinski definition) is 2. The molecule has 0 saturated heterocycles. The van der Waals surface area contributed by atoms with Crippen LogP contribution < -0.4 is 5.32 Å². The van der Waals surface area contributed by atoms with E-state index < -0.39 is 6.09 Å². The molecule has 0 saturated carbocycles. The number of benzene rings is 1. The summed E-state index contributed by atoms with van der Waals surface area (Å²) in [6.07, 6.45) is -0.519. The molecule has 0 aromatic heterocycles. The van der Waals surface area contributed by atoms with Crippen molar-refractivity contribution < 1.29 is 14.6 Å². The Kier molecular flexibility index (Phi) is 4.58. The van der Waals surface area contributed by atoms with Crippen LogP contribution in [0.25, 0.3) is 0 Å². The predicted molar refractivity (Wildman–Crippen MR) is 60.7 cm³/mol. The molecule has 1 aromatic rings. The van der Waals surface area contributed by atoms with Crippen LogP contribution in [0.5, 0.6) is 0 Å². The average molecular weight is 274 g/mol. The summed E-state index contributed by atoms with van der Waals surface area (Å²) in [6.45, 7) is 1.91. The standard InChI is InChI=1S/C10H12BrNO3/c1-2-15-10(14)12-9-4-3-8(11)5-7(9)6-13/h3-5,13H,2,6H2,1H3,(H,12,14). The van der Waals surface area contributed by atoms with Crippen LogP contribution in [0, 0.1) is 0 Å². The van der Waals surface area contributed by atoms with Gasteiger partial charge >= 0.3 is 6.09 Å². The maximum absolute atomic E-state index is 11.1. The van der Waals surface area contributed by atoms with Gasteiger partial charge in [0.2, 0.25) is 0 Å². The molecule has 1 aromatic carbocycles. The molecule has 5 heteroatoms. The van der Waals surface area contributed by atoms with Crippen LogP contribution in [-0.2, 0) is 11.3 Å². The van der Waals surface area contributed by atoms with Gasteiger partial charge in [-0.2, -0.15) is 0 Å². The van der Waals surface area contributed by atoms with E-state index in [1.807, 2.05) is 0 Å². The Bertz CT molecular complexity index is 355. The van der Waals surface area contributed by atoms with Gasteiger partial charge in [0.05, 0.1) is 13.2 Å². The van der Waals surface area contributed by atoms with Gasteiger partial charge in [-0.25, -0.2) is 4.79 Å². The van der Waals surface area contributed by atoms with E-state index in [1.54, 1.807) is 25.1 Å². The maximum atomic E-state index is 11.1. The van der Waals surface area contributed by atoms with E-state index in [0.717, 1.165) is 4.47 Å². The molecule has 0 spiro atoms. The van der Waals surface area contributed by atoms with Gasteiger partial charge in [0.1, 0.15) is 0 Å². The number of amides is 1. The zero-order chi connectivity index (χ0) is 11.3. The first-order valence-corrected chi connectivity index (χ1v) is 5.29. The molecular formula is C10H12BrNO3. The van der Waals surface area contributed by atoms with E-state index in [1.165, 1.54) is 0 Å². The Balaban J connectivity index is 2.80. The summed E-state index contributed by atoms with van der Waals surface area (Å²) in [4.78, 5) is 11.1. The van der Waals surface area contributed by atoms with Crippen LogP contribution >= 0.6 is 15.9 Å². The first-order valence-electron chi connectivity index (χ1n) is 4.50. The van der Waals surface area contributed by atoms with Crippen molar-refractivity contribution in [3.8, 4) is 0 Å². The zero-order valence-corrected chi connectivity index (χ0v) is 9.87. The number of rotatable bonds is 3. The highest BCUT2D eigenvalue weighted by atomic mass is 79.9. The van der Waals surface area contributed by atoms with E-state index in [9.17, 15) is 4.79 Å². The molecule has 0 radical (unpaired) electrons. The lowest BCUT2D eigenvalue weighted by molar-refractivity contribution is 0.168. The second kappa shape index (κ2) is 5.72. The second-order valence-electron chi connectivity index (χ2n) is 2.81. The van der Waals surface area contributed by atoms with Crippen molar-refractivity contribution in [3.63, 3.8) is 0 Å². The molecule has 0 heterocycles. The van der Waals surface area contributed by atoms with E-state index in [0.29, 0.717) is 17.9 Å². The van der Waals surface area contributed by atoms with E-state index >= 15 is 0 Å². The third-order valence-corrected chi connectivity index (χ3v) is 2.24. The van der Waals surface area contributed by atoms with Crippen molar-refractivity contribution in [2.75, 3.05) is 11.9 Å². The highest BCUT2D eigenvalue weighted by molar-refractivity contribution is 9.10. The minimum Gasteiger partial charge on any atom is -0.450 e. The van der Waals surface area contributed by atoms with Gasteiger partial charge in [0, 0.05) is 15.7 Å². The molecule has 1 rings (SSSR count). The number of nitrogens with one attached hydrogen (secondary N) is 1. The fourth-order valence-electron chi connectivity index (χ4n) is 1.09. The first-order chi connectivity index (χ1) is 7.17. The number of hydrogen-bond acceptors (Lipinski definition) is 3. The summed E-state index contributed by atoms with van der Waals surface area (Å²) in [5, 5.41) is 11.6. The van der Waals surface area contributed by atoms with Gasteiger partial charge in [-0.1, -0.05) is 15.9 Å². The molecule has 82 valence electrons. The van der Waals surface area contributed by atoms with E-state index in [4.69, 9.17) is 9.84 Å². The van der Waals surface area contributed by atoms with Crippen molar-refractivity contribution >= 4 is 27.7 Å². The first kappa shape index (κ1) is 12.0. The second-order valence-corrected chi connectivity index (χ2v) is 3.72. The topological polar surface area (TPSA) is 58.6 Å².